The average Bonchev–Trinajstić information content (AvgIpc) is 3.53. The Morgan fingerprint density at radius 2 is 1.92 bits per heavy atom. The summed E-state index contributed by atoms with van der Waals surface area (Å²) < 4.78 is 21.2. The lowest BCUT2D eigenvalue weighted by Crippen LogP contribution is -2.44. The average molecular weight is 551 g/mol. The van der Waals surface area contributed by atoms with Gasteiger partial charge in [0, 0.05) is 24.1 Å². The zero-order valence-electron chi connectivity index (χ0n) is 22.9. The molecular formula is C30H35FN4O3S. The monoisotopic (exact) mass is 550 g/mol. The van der Waals surface area contributed by atoms with E-state index in [2.05, 4.69) is 45.1 Å². The van der Waals surface area contributed by atoms with Gasteiger partial charge in [0.1, 0.15) is 18.2 Å². The summed E-state index contributed by atoms with van der Waals surface area (Å²) in [6, 6.07) is 14.2. The SMILES string of the molecule is Cc1ccccc1[C@H]1SCC(=O)N(CC(=O)NC[C@H]2CCCO2)c2c1c(C(C)(C)C)nn2-c1ccc(F)cc1. The van der Waals surface area contributed by atoms with Gasteiger partial charge in [0.2, 0.25) is 11.8 Å². The fourth-order valence-electron chi connectivity index (χ4n) is 5.19. The molecule has 2 amide bonds. The first-order valence-corrected chi connectivity index (χ1v) is 14.4. The van der Waals surface area contributed by atoms with E-state index in [-0.39, 0.29) is 46.7 Å². The van der Waals surface area contributed by atoms with Gasteiger partial charge in [-0.1, -0.05) is 45.0 Å². The van der Waals surface area contributed by atoms with Crippen LogP contribution in [0.15, 0.2) is 48.5 Å². The highest BCUT2D eigenvalue weighted by atomic mass is 32.2. The van der Waals surface area contributed by atoms with Crippen LogP contribution in [0.3, 0.4) is 0 Å². The minimum atomic E-state index is -0.363. The lowest BCUT2D eigenvalue weighted by atomic mass is 9.86. The molecule has 0 unspecified atom stereocenters. The largest absolute Gasteiger partial charge is 0.376 e. The predicted molar refractivity (Wildman–Crippen MR) is 152 cm³/mol. The Labute approximate surface area is 233 Å². The number of benzene rings is 2. The maximum absolute atomic E-state index is 13.9. The first-order chi connectivity index (χ1) is 18.6. The molecule has 1 N–H and O–H groups in total. The molecule has 1 aromatic heterocycles. The fourth-order valence-corrected chi connectivity index (χ4v) is 6.49. The van der Waals surface area contributed by atoms with Crippen LogP contribution in [-0.2, 0) is 19.7 Å². The molecule has 1 fully saturated rings. The minimum absolute atomic E-state index is 0.00238. The van der Waals surface area contributed by atoms with Crippen LogP contribution in [0, 0.1) is 12.7 Å². The summed E-state index contributed by atoms with van der Waals surface area (Å²) in [5.41, 5.74) is 4.22. The van der Waals surface area contributed by atoms with Crippen LogP contribution in [-0.4, -0.2) is 53.1 Å². The van der Waals surface area contributed by atoms with Crippen molar-refractivity contribution in [1.29, 1.82) is 0 Å². The number of carbonyl (C=O) groups excluding carboxylic acids is 2. The van der Waals surface area contributed by atoms with Gasteiger partial charge >= 0.3 is 0 Å². The summed E-state index contributed by atoms with van der Waals surface area (Å²) in [6.07, 6.45) is 1.90. The van der Waals surface area contributed by atoms with Gasteiger partial charge in [-0.15, -0.1) is 11.8 Å². The maximum atomic E-state index is 13.9. The van der Waals surface area contributed by atoms with Crippen LogP contribution >= 0.6 is 11.8 Å². The molecule has 3 aromatic rings. The van der Waals surface area contributed by atoms with E-state index >= 15 is 0 Å². The maximum Gasteiger partial charge on any atom is 0.240 e. The normalized spacial score (nSPS) is 19.6. The number of hydrogen-bond donors (Lipinski definition) is 1. The number of fused-ring (bicyclic) bond motifs is 1. The van der Waals surface area contributed by atoms with E-state index in [0.29, 0.717) is 24.7 Å². The summed E-state index contributed by atoms with van der Waals surface area (Å²) in [5.74, 6) is -0.0221. The van der Waals surface area contributed by atoms with E-state index in [1.54, 1.807) is 33.5 Å². The zero-order valence-corrected chi connectivity index (χ0v) is 23.7. The molecule has 2 atom stereocenters. The molecule has 0 spiro atoms. The van der Waals surface area contributed by atoms with E-state index in [0.717, 1.165) is 35.2 Å². The smallest absolute Gasteiger partial charge is 0.240 e. The first-order valence-electron chi connectivity index (χ1n) is 13.4. The summed E-state index contributed by atoms with van der Waals surface area (Å²) in [6.45, 7) is 9.33. The third kappa shape index (κ3) is 5.75. The standard InChI is InChI=1S/C30H35FN4O3S/c1-19-8-5-6-10-23(19)27-26-28(30(2,3)4)33-35(21-13-11-20(31)12-14-21)29(26)34(25(37)18-39-27)17-24(36)32-16-22-9-7-15-38-22/h5-6,8,10-14,22,27H,7,9,15-18H2,1-4H3,(H,32,36)/t22-,27-/m1/s1. The van der Waals surface area contributed by atoms with Crippen molar-refractivity contribution in [3.63, 3.8) is 0 Å². The van der Waals surface area contributed by atoms with Crippen LogP contribution in [0.25, 0.3) is 5.69 Å². The van der Waals surface area contributed by atoms with E-state index in [9.17, 15) is 14.0 Å². The summed E-state index contributed by atoms with van der Waals surface area (Å²) in [5, 5.41) is 7.83. The Morgan fingerprint density at radius 3 is 2.59 bits per heavy atom. The van der Waals surface area contributed by atoms with E-state index in [1.807, 2.05) is 12.1 Å². The van der Waals surface area contributed by atoms with Crippen LogP contribution in [0.2, 0.25) is 0 Å². The van der Waals surface area contributed by atoms with Crippen molar-refractivity contribution >= 4 is 29.4 Å². The lowest BCUT2D eigenvalue weighted by Gasteiger charge is -2.25. The molecule has 0 radical (unpaired) electrons. The number of thioether (sulfide) groups is 1. The molecule has 2 aromatic carbocycles. The van der Waals surface area contributed by atoms with E-state index < -0.39 is 0 Å². The molecule has 0 bridgehead atoms. The fraction of sp³-hybridized carbons (Fsp3) is 0.433. The van der Waals surface area contributed by atoms with Crippen LogP contribution < -0.4 is 10.2 Å². The molecule has 2 aliphatic heterocycles. The van der Waals surface area contributed by atoms with Gasteiger partial charge in [-0.2, -0.15) is 5.10 Å². The highest BCUT2D eigenvalue weighted by Gasteiger charge is 2.40. The number of aromatic nitrogens is 2. The number of anilines is 1. The number of carbonyl (C=O) groups is 2. The van der Waals surface area contributed by atoms with Crippen molar-refractivity contribution < 1.29 is 18.7 Å². The lowest BCUT2D eigenvalue weighted by molar-refractivity contribution is -0.123. The molecule has 39 heavy (non-hydrogen) atoms. The number of nitrogens with one attached hydrogen (secondary N) is 1. The third-order valence-electron chi connectivity index (χ3n) is 7.19. The Kier molecular flexibility index (Phi) is 7.82. The van der Waals surface area contributed by atoms with Crippen molar-refractivity contribution in [1.82, 2.24) is 15.1 Å². The van der Waals surface area contributed by atoms with Gasteiger partial charge in [0.25, 0.3) is 0 Å². The third-order valence-corrected chi connectivity index (χ3v) is 8.43. The van der Waals surface area contributed by atoms with Gasteiger partial charge in [-0.25, -0.2) is 9.07 Å². The van der Waals surface area contributed by atoms with Crippen LogP contribution in [0.1, 0.15) is 61.2 Å². The second kappa shape index (κ2) is 11.1. The number of nitrogens with zero attached hydrogens (tertiary/aromatic N) is 3. The Morgan fingerprint density at radius 1 is 1.18 bits per heavy atom. The molecular weight excluding hydrogens is 515 g/mol. The number of halogens is 1. The number of aryl methyl sites for hydroxylation is 1. The number of ether oxygens (including phenoxy) is 1. The highest BCUT2D eigenvalue weighted by Crippen LogP contribution is 2.49. The number of rotatable bonds is 6. The molecule has 9 heteroatoms. The van der Waals surface area contributed by atoms with Crippen LogP contribution in [0.4, 0.5) is 10.2 Å². The molecule has 0 saturated carbocycles. The molecule has 1 saturated heterocycles. The molecule has 7 nitrogen and oxygen atoms in total. The van der Waals surface area contributed by atoms with E-state index in [1.165, 1.54) is 12.1 Å². The molecule has 5 rings (SSSR count). The summed E-state index contributed by atoms with van der Waals surface area (Å²) in [4.78, 5) is 28.5. The Balaban J connectivity index is 1.66. The highest BCUT2D eigenvalue weighted by molar-refractivity contribution is 8.00. The van der Waals surface area contributed by atoms with Gasteiger partial charge in [0.05, 0.1) is 28.5 Å². The zero-order chi connectivity index (χ0) is 27.7. The van der Waals surface area contributed by atoms with Crippen molar-refractivity contribution in [2.24, 2.45) is 0 Å². The van der Waals surface area contributed by atoms with Crippen molar-refractivity contribution in [2.75, 3.05) is 30.3 Å². The predicted octanol–water partition coefficient (Wildman–Crippen LogP) is 5.08. The summed E-state index contributed by atoms with van der Waals surface area (Å²) in [7, 11) is 0. The summed E-state index contributed by atoms with van der Waals surface area (Å²) >= 11 is 1.55. The van der Waals surface area contributed by atoms with Crippen molar-refractivity contribution in [3.8, 4) is 5.69 Å². The molecule has 206 valence electrons. The Hall–Kier alpha value is -3.17. The second-order valence-electron chi connectivity index (χ2n) is 11.2. The van der Waals surface area contributed by atoms with Gasteiger partial charge in [0.15, 0.2) is 0 Å². The minimum Gasteiger partial charge on any atom is -0.376 e. The number of amides is 2. The number of hydrogen-bond acceptors (Lipinski definition) is 5. The second-order valence-corrected chi connectivity index (χ2v) is 12.3. The first kappa shape index (κ1) is 27.4. The van der Waals surface area contributed by atoms with Crippen molar-refractivity contribution in [3.05, 3.63) is 76.7 Å². The van der Waals surface area contributed by atoms with Gasteiger partial charge < -0.3 is 10.1 Å². The van der Waals surface area contributed by atoms with Gasteiger partial charge in [-0.05, 0) is 55.2 Å². The van der Waals surface area contributed by atoms with E-state index in [4.69, 9.17) is 9.84 Å². The molecule has 2 aliphatic rings. The molecule has 0 aliphatic carbocycles. The molecule has 3 heterocycles. The topological polar surface area (TPSA) is 76.5 Å². The van der Waals surface area contributed by atoms with Crippen LogP contribution in [0.5, 0.6) is 0 Å². The quantitative estimate of drug-likeness (QED) is 0.463. The Bertz CT molecular complexity index is 1360. The van der Waals surface area contributed by atoms with Crippen molar-refractivity contribution in [2.45, 2.75) is 57.3 Å². The van der Waals surface area contributed by atoms with Gasteiger partial charge in [-0.3, -0.25) is 14.5 Å².